The molecule has 0 unspecified atom stereocenters. The molecule has 0 radical (unpaired) electrons. The zero-order chi connectivity index (χ0) is 18.8. The average Bonchev–Trinajstić information content (AvgIpc) is 2.67. The minimum Gasteiger partial charge on any atom is -0.474 e. The Morgan fingerprint density at radius 3 is 2.56 bits per heavy atom. The molecule has 138 valence electrons. The second-order valence-electron chi connectivity index (χ2n) is 6.75. The Bertz CT molecular complexity index is 963. The Balaban J connectivity index is 1.40. The number of hydrogen-bond donors (Lipinski definition) is 0. The van der Waals surface area contributed by atoms with Crippen LogP contribution in [0.25, 0.3) is 11.0 Å². The van der Waals surface area contributed by atoms with Crippen molar-refractivity contribution in [3.8, 4) is 5.88 Å². The fourth-order valence-corrected chi connectivity index (χ4v) is 3.31. The van der Waals surface area contributed by atoms with E-state index in [1.807, 2.05) is 49.1 Å². The zero-order valence-corrected chi connectivity index (χ0v) is 15.4. The minimum atomic E-state index is -0.0829. The molecule has 1 amide bonds. The maximum absolute atomic E-state index is 12.8. The molecule has 7 nitrogen and oxygen atoms in total. The van der Waals surface area contributed by atoms with Crippen molar-refractivity contribution in [1.82, 2.24) is 24.8 Å². The summed E-state index contributed by atoms with van der Waals surface area (Å²) >= 11 is 0. The van der Waals surface area contributed by atoms with E-state index in [2.05, 4.69) is 19.9 Å². The van der Waals surface area contributed by atoms with E-state index >= 15 is 0 Å². The molecule has 4 rings (SSSR count). The first-order chi connectivity index (χ1) is 13.1. The highest BCUT2D eigenvalue weighted by atomic mass is 16.5. The van der Waals surface area contributed by atoms with Crippen molar-refractivity contribution in [3.63, 3.8) is 0 Å². The van der Waals surface area contributed by atoms with Crippen LogP contribution in [-0.4, -0.2) is 49.9 Å². The molecule has 27 heavy (non-hydrogen) atoms. The van der Waals surface area contributed by atoms with Crippen LogP contribution in [0.3, 0.4) is 0 Å². The number of para-hydroxylation sites is 2. The first-order valence-electron chi connectivity index (χ1n) is 9.08. The first kappa shape index (κ1) is 17.3. The number of aromatic nitrogens is 4. The lowest BCUT2D eigenvalue weighted by atomic mass is 10.1. The van der Waals surface area contributed by atoms with Gasteiger partial charge in [-0.3, -0.25) is 9.78 Å². The number of hydrogen-bond acceptors (Lipinski definition) is 6. The molecule has 1 aliphatic heterocycles. The second kappa shape index (κ2) is 7.26. The highest BCUT2D eigenvalue weighted by Gasteiger charge is 2.26. The highest BCUT2D eigenvalue weighted by molar-refractivity contribution is 5.93. The van der Waals surface area contributed by atoms with E-state index in [9.17, 15) is 4.79 Å². The van der Waals surface area contributed by atoms with Crippen LogP contribution in [0.1, 0.15) is 34.8 Å². The molecular weight excluding hydrogens is 342 g/mol. The van der Waals surface area contributed by atoms with Gasteiger partial charge in [0.25, 0.3) is 5.91 Å². The number of nitrogens with zero attached hydrogens (tertiary/aromatic N) is 5. The van der Waals surface area contributed by atoms with Crippen molar-refractivity contribution in [3.05, 3.63) is 53.7 Å². The number of rotatable bonds is 3. The first-order valence-corrected chi connectivity index (χ1v) is 9.08. The molecular formula is C20H21N5O2. The summed E-state index contributed by atoms with van der Waals surface area (Å²) in [4.78, 5) is 32.0. The summed E-state index contributed by atoms with van der Waals surface area (Å²) < 4.78 is 5.99. The third kappa shape index (κ3) is 3.86. The molecule has 0 aliphatic carbocycles. The molecule has 0 spiro atoms. The van der Waals surface area contributed by atoms with Crippen molar-refractivity contribution >= 4 is 16.9 Å². The van der Waals surface area contributed by atoms with Gasteiger partial charge in [0.2, 0.25) is 5.88 Å². The van der Waals surface area contributed by atoms with Crippen molar-refractivity contribution in [2.45, 2.75) is 32.8 Å². The molecule has 1 aliphatic rings. The van der Waals surface area contributed by atoms with E-state index in [4.69, 9.17) is 4.74 Å². The number of likely N-dealkylation sites (tertiary alicyclic amines) is 1. The molecule has 0 atom stereocenters. The Kier molecular flexibility index (Phi) is 4.66. The Morgan fingerprint density at radius 2 is 1.81 bits per heavy atom. The number of piperidine rings is 1. The number of fused-ring (bicyclic) bond motifs is 1. The third-order valence-electron chi connectivity index (χ3n) is 4.63. The Hall–Kier alpha value is -3.09. The quantitative estimate of drug-likeness (QED) is 0.712. The van der Waals surface area contributed by atoms with Crippen LogP contribution in [0.4, 0.5) is 0 Å². The van der Waals surface area contributed by atoms with E-state index < -0.39 is 0 Å². The van der Waals surface area contributed by atoms with Gasteiger partial charge in [0.1, 0.15) is 17.6 Å². The molecule has 1 aromatic carbocycles. The van der Waals surface area contributed by atoms with Gasteiger partial charge in [-0.2, -0.15) is 4.98 Å². The van der Waals surface area contributed by atoms with E-state index in [1.54, 1.807) is 6.20 Å². The lowest BCUT2D eigenvalue weighted by Gasteiger charge is -2.31. The van der Waals surface area contributed by atoms with Gasteiger partial charge >= 0.3 is 0 Å². The molecule has 2 aromatic heterocycles. The van der Waals surface area contributed by atoms with Crippen molar-refractivity contribution in [1.29, 1.82) is 0 Å². The van der Waals surface area contributed by atoms with E-state index in [1.165, 1.54) is 0 Å². The average molecular weight is 363 g/mol. The van der Waals surface area contributed by atoms with Gasteiger partial charge in [0.05, 0.1) is 17.2 Å². The fraction of sp³-hybridized carbons (Fsp3) is 0.350. The summed E-state index contributed by atoms with van der Waals surface area (Å²) in [5, 5.41) is 0. The molecule has 0 saturated carbocycles. The van der Waals surface area contributed by atoms with Gasteiger partial charge in [-0.15, -0.1) is 0 Å². The molecule has 0 N–H and O–H groups in total. The monoisotopic (exact) mass is 363 g/mol. The molecule has 1 fully saturated rings. The van der Waals surface area contributed by atoms with Crippen LogP contribution >= 0.6 is 0 Å². The SMILES string of the molecule is Cc1cc(OC2CCN(C(=O)c3cnc4ccccc4n3)CC2)nc(C)n1. The fourth-order valence-electron chi connectivity index (χ4n) is 3.31. The highest BCUT2D eigenvalue weighted by Crippen LogP contribution is 2.19. The number of carbonyl (C=O) groups excluding carboxylic acids is 1. The number of carbonyl (C=O) groups is 1. The second-order valence-corrected chi connectivity index (χ2v) is 6.75. The summed E-state index contributed by atoms with van der Waals surface area (Å²) in [7, 11) is 0. The van der Waals surface area contributed by atoms with Crippen molar-refractivity contribution in [2.75, 3.05) is 13.1 Å². The Labute approximate surface area is 157 Å². The van der Waals surface area contributed by atoms with Gasteiger partial charge in [-0.05, 0) is 26.0 Å². The van der Waals surface area contributed by atoms with Crippen molar-refractivity contribution in [2.24, 2.45) is 0 Å². The number of aryl methyl sites for hydroxylation is 2. The van der Waals surface area contributed by atoms with E-state index in [0.717, 1.165) is 29.6 Å². The summed E-state index contributed by atoms with van der Waals surface area (Å²) in [6.07, 6.45) is 3.12. The van der Waals surface area contributed by atoms with Gasteiger partial charge < -0.3 is 9.64 Å². The lowest BCUT2D eigenvalue weighted by molar-refractivity contribution is 0.0582. The lowest BCUT2D eigenvalue weighted by Crippen LogP contribution is -2.42. The summed E-state index contributed by atoms with van der Waals surface area (Å²) in [6.45, 7) is 5.03. The van der Waals surface area contributed by atoms with E-state index in [-0.39, 0.29) is 12.0 Å². The maximum atomic E-state index is 12.8. The minimum absolute atomic E-state index is 0.0467. The predicted octanol–water partition coefficient (Wildman–Crippen LogP) is 2.72. The van der Waals surface area contributed by atoms with Crippen LogP contribution in [-0.2, 0) is 0 Å². The molecule has 3 aromatic rings. The van der Waals surface area contributed by atoms with Crippen molar-refractivity contribution < 1.29 is 9.53 Å². The van der Waals surface area contributed by atoms with Gasteiger partial charge in [0.15, 0.2) is 0 Å². The zero-order valence-electron chi connectivity index (χ0n) is 15.4. The molecule has 3 heterocycles. The largest absolute Gasteiger partial charge is 0.474 e. The topological polar surface area (TPSA) is 81.1 Å². The summed E-state index contributed by atoms with van der Waals surface area (Å²) in [5.74, 6) is 1.22. The van der Waals surface area contributed by atoms with Crippen LogP contribution in [0.5, 0.6) is 5.88 Å². The van der Waals surface area contributed by atoms with Crippen LogP contribution in [0.15, 0.2) is 36.5 Å². The standard InChI is InChI=1S/C20H21N5O2/c1-13-11-19(23-14(2)22-13)27-15-7-9-25(10-8-15)20(26)18-12-21-16-5-3-4-6-17(16)24-18/h3-6,11-12,15H,7-10H2,1-2H3. The number of amides is 1. The summed E-state index contributed by atoms with van der Waals surface area (Å²) in [6, 6.07) is 9.39. The smallest absolute Gasteiger partial charge is 0.274 e. The van der Waals surface area contributed by atoms with Crippen LogP contribution in [0, 0.1) is 13.8 Å². The number of ether oxygens (including phenoxy) is 1. The van der Waals surface area contributed by atoms with Crippen LogP contribution in [0.2, 0.25) is 0 Å². The molecule has 0 bridgehead atoms. The Morgan fingerprint density at radius 1 is 1.07 bits per heavy atom. The molecule has 7 heteroatoms. The van der Waals surface area contributed by atoms with Gasteiger partial charge in [-0.1, -0.05) is 12.1 Å². The third-order valence-corrected chi connectivity index (χ3v) is 4.63. The normalized spacial score (nSPS) is 15.1. The number of benzene rings is 1. The van der Waals surface area contributed by atoms with Gasteiger partial charge in [0, 0.05) is 37.7 Å². The van der Waals surface area contributed by atoms with Crippen LogP contribution < -0.4 is 4.74 Å². The molecule has 1 saturated heterocycles. The summed E-state index contributed by atoms with van der Waals surface area (Å²) in [5.41, 5.74) is 2.79. The van der Waals surface area contributed by atoms with Gasteiger partial charge in [-0.25, -0.2) is 9.97 Å². The van der Waals surface area contributed by atoms with E-state index in [0.29, 0.717) is 30.5 Å². The maximum Gasteiger partial charge on any atom is 0.274 e. The predicted molar refractivity (Wildman–Crippen MR) is 101 cm³/mol.